The first kappa shape index (κ1) is 11.4. The van der Waals surface area contributed by atoms with Crippen molar-refractivity contribution >= 4 is 32.6 Å². The predicted octanol–water partition coefficient (Wildman–Crippen LogP) is 2.67. The first-order valence-corrected chi connectivity index (χ1v) is 6.26. The lowest BCUT2D eigenvalue weighted by Crippen LogP contribution is -1.99. The fourth-order valence-electron chi connectivity index (χ4n) is 2.03. The first-order valence-electron chi connectivity index (χ1n) is 5.46. The van der Waals surface area contributed by atoms with Crippen LogP contribution < -0.4 is 4.74 Å². The van der Waals surface area contributed by atoms with Crippen LogP contribution in [0.4, 0.5) is 0 Å². The van der Waals surface area contributed by atoms with Gasteiger partial charge in [0.1, 0.15) is 5.82 Å². The zero-order valence-corrected chi connectivity index (χ0v) is 11.8. The average Bonchev–Trinajstić information content (AvgIpc) is 2.72. The monoisotopic (exact) mass is 306 g/mol. The number of fused-ring (bicyclic) bond motifs is 3. The lowest BCUT2D eigenvalue weighted by Gasteiger charge is -2.08. The normalized spacial score (nSPS) is 11.3. The van der Waals surface area contributed by atoms with Crippen LogP contribution >= 0.6 is 15.9 Å². The molecule has 0 radical (unpaired) electrons. The van der Waals surface area contributed by atoms with E-state index in [4.69, 9.17) is 4.74 Å². The summed E-state index contributed by atoms with van der Waals surface area (Å²) in [5.41, 5.74) is 2.59. The predicted molar refractivity (Wildman–Crippen MR) is 72.0 cm³/mol. The molecule has 0 N–H and O–H groups in total. The number of hydrogen-bond acceptors (Lipinski definition) is 4. The number of imidazole rings is 1. The molecule has 3 heterocycles. The Morgan fingerprint density at radius 3 is 2.67 bits per heavy atom. The number of halogens is 1. The van der Waals surface area contributed by atoms with Crippen LogP contribution in [-0.4, -0.2) is 26.5 Å². The SMILES string of the molecule is COc1nc(C)nc2c1cc(Br)c1nc(C)cn12. The molecule has 6 heteroatoms. The van der Waals surface area contributed by atoms with Crippen molar-refractivity contribution in [1.29, 1.82) is 0 Å². The number of rotatable bonds is 1. The Morgan fingerprint density at radius 1 is 1.17 bits per heavy atom. The molecule has 92 valence electrons. The van der Waals surface area contributed by atoms with Crippen molar-refractivity contribution in [2.75, 3.05) is 7.11 Å². The minimum absolute atomic E-state index is 0.575. The fourth-order valence-corrected chi connectivity index (χ4v) is 2.53. The topological polar surface area (TPSA) is 52.3 Å². The highest BCUT2D eigenvalue weighted by molar-refractivity contribution is 9.10. The minimum atomic E-state index is 0.575. The van der Waals surface area contributed by atoms with E-state index in [1.807, 2.05) is 30.5 Å². The van der Waals surface area contributed by atoms with Gasteiger partial charge in [0.2, 0.25) is 5.88 Å². The van der Waals surface area contributed by atoms with Crippen molar-refractivity contribution in [1.82, 2.24) is 19.4 Å². The van der Waals surface area contributed by atoms with Crippen LogP contribution in [0.5, 0.6) is 5.88 Å². The van der Waals surface area contributed by atoms with Gasteiger partial charge < -0.3 is 4.74 Å². The summed E-state index contributed by atoms with van der Waals surface area (Å²) in [7, 11) is 1.61. The summed E-state index contributed by atoms with van der Waals surface area (Å²) in [6.07, 6.45) is 1.95. The molecule has 0 aliphatic heterocycles. The maximum Gasteiger partial charge on any atom is 0.226 e. The number of methoxy groups -OCH3 is 1. The van der Waals surface area contributed by atoms with E-state index in [0.717, 1.165) is 26.8 Å². The molecule has 0 saturated carbocycles. The van der Waals surface area contributed by atoms with Gasteiger partial charge in [-0.05, 0) is 35.8 Å². The molecule has 0 fully saturated rings. The summed E-state index contributed by atoms with van der Waals surface area (Å²) >= 11 is 3.52. The maximum atomic E-state index is 5.31. The number of pyridine rings is 1. The van der Waals surface area contributed by atoms with Crippen molar-refractivity contribution in [2.24, 2.45) is 0 Å². The van der Waals surface area contributed by atoms with Gasteiger partial charge in [-0.3, -0.25) is 4.40 Å². The zero-order chi connectivity index (χ0) is 12.9. The quantitative estimate of drug-likeness (QED) is 0.693. The average molecular weight is 307 g/mol. The standard InChI is InChI=1S/C12H11BrN4O/c1-6-5-17-10-8(4-9(13)11(17)14-6)12(18-3)16-7(2)15-10/h4-5H,1-3H3. The largest absolute Gasteiger partial charge is 0.480 e. The lowest BCUT2D eigenvalue weighted by atomic mass is 10.3. The summed E-state index contributed by atoms with van der Waals surface area (Å²) in [5, 5.41) is 0.861. The van der Waals surface area contributed by atoms with Crippen LogP contribution in [0.25, 0.3) is 16.7 Å². The van der Waals surface area contributed by atoms with Crippen molar-refractivity contribution in [3.8, 4) is 5.88 Å². The highest BCUT2D eigenvalue weighted by Crippen LogP contribution is 2.29. The summed E-state index contributed by atoms with van der Waals surface area (Å²) in [4.78, 5) is 13.2. The van der Waals surface area contributed by atoms with E-state index < -0.39 is 0 Å². The Kier molecular flexibility index (Phi) is 2.48. The van der Waals surface area contributed by atoms with Crippen LogP contribution in [0, 0.1) is 13.8 Å². The molecule has 3 rings (SSSR count). The Morgan fingerprint density at radius 2 is 1.94 bits per heavy atom. The van der Waals surface area contributed by atoms with Gasteiger partial charge in [-0.25, -0.2) is 9.97 Å². The first-order chi connectivity index (χ1) is 8.60. The maximum absolute atomic E-state index is 5.31. The van der Waals surface area contributed by atoms with Crippen molar-refractivity contribution in [3.63, 3.8) is 0 Å². The lowest BCUT2D eigenvalue weighted by molar-refractivity contribution is 0.401. The molecular formula is C12H11BrN4O. The molecule has 18 heavy (non-hydrogen) atoms. The van der Waals surface area contributed by atoms with Crippen LogP contribution in [0.2, 0.25) is 0 Å². The molecule has 0 aliphatic rings. The van der Waals surface area contributed by atoms with Gasteiger partial charge in [0, 0.05) is 6.20 Å². The van der Waals surface area contributed by atoms with Crippen LogP contribution in [0.15, 0.2) is 16.7 Å². The van der Waals surface area contributed by atoms with Gasteiger partial charge in [-0.2, -0.15) is 4.98 Å². The summed E-state index contributed by atoms with van der Waals surface area (Å²) in [5.74, 6) is 1.25. The van der Waals surface area contributed by atoms with Crippen LogP contribution in [-0.2, 0) is 0 Å². The van der Waals surface area contributed by atoms with Gasteiger partial charge in [-0.15, -0.1) is 0 Å². The molecule has 0 saturated heterocycles. The van der Waals surface area contributed by atoms with Gasteiger partial charge >= 0.3 is 0 Å². The summed E-state index contributed by atoms with van der Waals surface area (Å²) in [6.45, 7) is 3.80. The van der Waals surface area contributed by atoms with Gasteiger partial charge in [0.25, 0.3) is 0 Å². The molecule has 5 nitrogen and oxygen atoms in total. The van der Waals surface area contributed by atoms with E-state index in [1.54, 1.807) is 7.11 Å². The summed E-state index contributed by atoms with van der Waals surface area (Å²) < 4.78 is 8.16. The number of nitrogens with zero attached hydrogens (tertiary/aromatic N) is 4. The molecule has 0 aromatic carbocycles. The third-order valence-corrected chi connectivity index (χ3v) is 3.32. The molecule has 0 amide bonds. The van der Waals surface area contributed by atoms with E-state index in [-0.39, 0.29) is 0 Å². The van der Waals surface area contributed by atoms with Crippen LogP contribution in [0.3, 0.4) is 0 Å². The second-order valence-electron chi connectivity index (χ2n) is 4.09. The Bertz CT molecular complexity index is 766. The Labute approximate surface area is 112 Å². The number of hydrogen-bond donors (Lipinski definition) is 0. The number of ether oxygens (including phenoxy) is 1. The highest BCUT2D eigenvalue weighted by Gasteiger charge is 2.13. The second-order valence-corrected chi connectivity index (χ2v) is 4.94. The molecule has 0 atom stereocenters. The number of aromatic nitrogens is 4. The summed E-state index contributed by atoms with van der Waals surface area (Å²) in [6, 6.07) is 1.94. The van der Waals surface area contributed by atoms with Crippen LogP contribution in [0.1, 0.15) is 11.5 Å². The Hall–Kier alpha value is -1.69. The fraction of sp³-hybridized carbons (Fsp3) is 0.250. The third-order valence-electron chi connectivity index (χ3n) is 2.73. The van der Waals surface area contributed by atoms with Gasteiger partial charge in [0.05, 0.1) is 22.7 Å². The third kappa shape index (κ3) is 1.56. The number of aryl methyl sites for hydroxylation is 2. The molecule has 0 aliphatic carbocycles. The van der Waals surface area contributed by atoms with Gasteiger partial charge in [0.15, 0.2) is 11.3 Å². The molecule has 0 bridgehead atoms. The second kappa shape index (κ2) is 3.91. The van der Waals surface area contributed by atoms with Crippen molar-refractivity contribution in [3.05, 3.63) is 28.3 Å². The van der Waals surface area contributed by atoms with Gasteiger partial charge in [-0.1, -0.05) is 0 Å². The highest BCUT2D eigenvalue weighted by atomic mass is 79.9. The van der Waals surface area contributed by atoms with Crippen molar-refractivity contribution in [2.45, 2.75) is 13.8 Å². The Balaban J connectivity index is 2.57. The molecule has 0 spiro atoms. The zero-order valence-electron chi connectivity index (χ0n) is 10.2. The molecule has 0 unspecified atom stereocenters. The van der Waals surface area contributed by atoms with E-state index in [0.29, 0.717) is 11.7 Å². The van der Waals surface area contributed by atoms with E-state index in [1.165, 1.54) is 0 Å². The van der Waals surface area contributed by atoms with E-state index >= 15 is 0 Å². The van der Waals surface area contributed by atoms with E-state index in [2.05, 4.69) is 30.9 Å². The van der Waals surface area contributed by atoms with E-state index in [9.17, 15) is 0 Å². The molecular weight excluding hydrogens is 296 g/mol. The minimum Gasteiger partial charge on any atom is -0.480 e. The van der Waals surface area contributed by atoms with Crippen molar-refractivity contribution < 1.29 is 4.74 Å². The molecule has 3 aromatic rings. The smallest absolute Gasteiger partial charge is 0.226 e. The molecule has 3 aromatic heterocycles.